The average molecular weight is 927 g/mol. The molecule has 0 aliphatic heterocycles. The maximum absolute atomic E-state index is 9.57. The third-order valence-corrected chi connectivity index (χ3v) is 18.0. The highest BCUT2D eigenvalue weighted by atomic mass is 28.3. The van der Waals surface area contributed by atoms with E-state index in [1.807, 2.05) is 115 Å². The molecule has 14 aromatic rings. The van der Waals surface area contributed by atoms with Gasteiger partial charge in [-0.25, -0.2) is 0 Å². The monoisotopic (exact) mass is 926 g/mol. The first kappa shape index (κ1) is 27.0. The Bertz CT molecular complexity index is 4780. The van der Waals surface area contributed by atoms with Gasteiger partial charge < -0.3 is 4.57 Å². The fourth-order valence-corrected chi connectivity index (χ4v) is 15.1. The van der Waals surface area contributed by atoms with Crippen LogP contribution in [-0.4, -0.2) is 36.7 Å². The molecular weight excluding hydrogens is 869 g/mol. The normalized spacial score (nSPS) is 15.2. The van der Waals surface area contributed by atoms with Crippen molar-refractivity contribution >= 4 is 94.2 Å². The highest BCUT2D eigenvalue weighted by Gasteiger charge is 2.42. The number of aromatic nitrogens is 6. The number of rotatable bonds is 8. The molecule has 70 heavy (non-hydrogen) atoms. The first-order chi connectivity index (χ1) is 41.4. The fourth-order valence-electron chi connectivity index (χ4n) is 10.3. The zero-order valence-electron chi connectivity index (χ0n) is 52.7. The molecule has 0 fully saturated rings. The van der Waals surface area contributed by atoms with E-state index in [-0.39, 0.29) is 49.4 Å². The van der Waals surface area contributed by atoms with Gasteiger partial charge in [0.2, 0.25) is 11.9 Å². The van der Waals surface area contributed by atoms with Crippen molar-refractivity contribution in [2.24, 2.45) is 0 Å². The second kappa shape index (κ2) is 16.0. The largest absolute Gasteiger partial charge is 0.309 e. The van der Waals surface area contributed by atoms with Crippen LogP contribution in [0.1, 0.15) is 21.9 Å². The molecule has 6 nitrogen and oxygen atoms in total. The van der Waals surface area contributed by atoms with Gasteiger partial charge in [0.05, 0.1) is 60.7 Å². The minimum Gasteiger partial charge on any atom is -0.309 e. The van der Waals surface area contributed by atoms with Gasteiger partial charge in [-0.05, 0) is 69.2 Å². The molecule has 0 amide bonds. The molecule has 0 atom stereocenters. The number of hydrogen-bond donors (Lipinski definition) is 0. The van der Waals surface area contributed by atoms with Gasteiger partial charge in [0.25, 0.3) is 0 Å². The SMILES string of the molecule is [2H]c1c([2H])c([2H])c2c(c1[2H])c1c([2H])c([2H])c([2H])c([2H])c1n2-c1nc(-c2cc([Si](c3ccccc3)(c3ccccc3)c3ccccc3)ccc2-n2c3ccccc3c3ccccc32)nc(-n2c3c([2H])c([2H])c([2H])c([2H])c3c3c([2H])c([2H])c([2H])c([2H])c32)n1. The molecule has 0 spiro atoms. The van der Waals surface area contributed by atoms with Crippen LogP contribution in [0.5, 0.6) is 0 Å². The third-order valence-electron chi connectivity index (χ3n) is 13.2. The maximum Gasteiger partial charge on any atom is 0.240 e. The van der Waals surface area contributed by atoms with Crippen molar-refractivity contribution in [1.82, 2.24) is 28.7 Å². The van der Waals surface area contributed by atoms with Crippen molar-refractivity contribution in [3.8, 4) is 29.0 Å². The van der Waals surface area contributed by atoms with E-state index < -0.39 is 117 Å². The highest BCUT2D eigenvalue weighted by molar-refractivity contribution is 7.20. The summed E-state index contributed by atoms with van der Waals surface area (Å²) in [6.45, 7) is 0. The second-order valence-corrected chi connectivity index (χ2v) is 20.6. The average Bonchev–Trinajstić information content (AvgIpc) is 1.54. The maximum atomic E-state index is 9.57. The van der Waals surface area contributed by atoms with Gasteiger partial charge in [0, 0.05) is 37.9 Å². The van der Waals surface area contributed by atoms with E-state index in [1.54, 1.807) is 0 Å². The van der Waals surface area contributed by atoms with E-state index >= 15 is 0 Å². The molecule has 0 aliphatic rings. The van der Waals surface area contributed by atoms with Crippen LogP contribution in [0.3, 0.4) is 0 Å². The molecule has 0 saturated heterocycles. The molecule has 4 aromatic heterocycles. The topological polar surface area (TPSA) is 53.5 Å². The Hall–Kier alpha value is -9.17. The smallest absolute Gasteiger partial charge is 0.240 e. The summed E-state index contributed by atoms with van der Waals surface area (Å²) in [5, 5.41) is 4.53. The fraction of sp³-hybridized carbons (Fsp3) is 0. The Labute approximate surface area is 427 Å². The molecule has 7 heteroatoms. The number of benzene rings is 10. The van der Waals surface area contributed by atoms with Crippen molar-refractivity contribution < 1.29 is 21.9 Å². The van der Waals surface area contributed by atoms with E-state index in [1.165, 1.54) is 0 Å². The molecular formula is C63H42N6Si. The minimum absolute atomic E-state index is 0.172. The standard InChI is InChI=1S/C63H42N6Si/c1-4-22-43(23-5-1)70(44-24-6-2-7-25-44,45-26-8-3-9-27-45)46-40-41-60(67-54-34-16-10-28-47(54)48-29-11-17-35-55(48)67)53(42-46)61-64-62(68-56-36-18-12-30-49(56)50-31-13-19-37-57(50)68)66-63(65-61)69-58-38-20-14-32-51(58)52-33-15-21-39-59(52)69/h1-42H/i12D,13D,14D,15D,18D,19D,20D,21D,30D,31D,32D,33D,36D,37D,38D,39D. The molecule has 0 bridgehead atoms. The van der Waals surface area contributed by atoms with E-state index in [4.69, 9.17) is 25.9 Å². The Morgan fingerprint density at radius 1 is 0.314 bits per heavy atom. The molecule has 0 saturated carbocycles. The Kier molecular flexibility index (Phi) is 6.16. The lowest BCUT2D eigenvalue weighted by Crippen LogP contribution is -2.74. The molecule has 328 valence electrons. The van der Waals surface area contributed by atoms with E-state index in [2.05, 4.69) is 47.0 Å². The van der Waals surface area contributed by atoms with Gasteiger partial charge in [-0.2, -0.15) is 15.0 Å². The van der Waals surface area contributed by atoms with Gasteiger partial charge in [0.15, 0.2) is 13.9 Å². The summed E-state index contributed by atoms with van der Waals surface area (Å²) in [7, 11) is -3.49. The highest BCUT2D eigenvalue weighted by Crippen LogP contribution is 2.38. The van der Waals surface area contributed by atoms with Gasteiger partial charge in [-0.1, -0.05) is 206 Å². The van der Waals surface area contributed by atoms with Crippen LogP contribution >= 0.6 is 0 Å². The van der Waals surface area contributed by atoms with Crippen molar-refractivity contribution in [2.45, 2.75) is 0 Å². The minimum atomic E-state index is -3.49. The lowest BCUT2D eigenvalue weighted by molar-refractivity contribution is 0.892. The second-order valence-electron chi connectivity index (χ2n) is 16.8. The summed E-state index contributed by atoms with van der Waals surface area (Å²) >= 11 is 0. The van der Waals surface area contributed by atoms with Gasteiger partial charge >= 0.3 is 0 Å². The lowest BCUT2D eigenvalue weighted by Gasteiger charge is -2.35. The van der Waals surface area contributed by atoms with Gasteiger partial charge in [0.1, 0.15) is 0 Å². The number of para-hydroxylation sites is 6. The van der Waals surface area contributed by atoms with Crippen LogP contribution in [0, 0.1) is 0 Å². The van der Waals surface area contributed by atoms with Crippen LogP contribution in [-0.2, 0) is 0 Å². The van der Waals surface area contributed by atoms with E-state index in [0.29, 0.717) is 11.3 Å². The van der Waals surface area contributed by atoms with E-state index in [0.717, 1.165) is 51.7 Å². The predicted octanol–water partition coefficient (Wildman–Crippen LogP) is 12.2. The quantitative estimate of drug-likeness (QED) is 0.113. The van der Waals surface area contributed by atoms with Crippen LogP contribution in [0.25, 0.3) is 94.4 Å². The molecule has 14 rings (SSSR count). The summed E-state index contributed by atoms with van der Waals surface area (Å²) in [5.74, 6) is -1.16. The number of nitrogens with zero attached hydrogens (tertiary/aromatic N) is 6. The number of hydrogen-bond acceptors (Lipinski definition) is 3. The number of fused-ring (bicyclic) bond motifs is 9. The van der Waals surface area contributed by atoms with E-state index in [9.17, 15) is 11.0 Å². The summed E-state index contributed by atoms with van der Waals surface area (Å²) in [6, 6.07) is 41.5. The molecule has 0 N–H and O–H groups in total. The summed E-state index contributed by atoms with van der Waals surface area (Å²) in [4.78, 5) is 15.6. The van der Waals surface area contributed by atoms with Crippen molar-refractivity contribution in [1.29, 1.82) is 0 Å². The van der Waals surface area contributed by atoms with Crippen molar-refractivity contribution in [2.75, 3.05) is 0 Å². The molecule has 4 heterocycles. The lowest BCUT2D eigenvalue weighted by atomic mass is 10.1. The van der Waals surface area contributed by atoms with Crippen LogP contribution in [0.4, 0.5) is 0 Å². The summed E-state index contributed by atoms with van der Waals surface area (Å²) in [6.07, 6.45) is 0. The van der Waals surface area contributed by atoms with Crippen molar-refractivity contribution in [3.63, 3.8) is 0 Å². The summed E-state index contributed by atoms with van der Waals surface area (Å²) < 4.78 is 151. The Balaban J connectivity index is 1.24. The van der Waals surface area contributed by atoms with Crippen molar-refractivity contribution in [3.05, 3.63) is 254 Å². The van der Waals surface area contributed by atoms with Crippen LogP contribution < -0.4 is 20.7 Å². The first-order valence-electron chi connectivity index (χ1n) is 30.5. The van der Waals surface area contributed by atoms with Crippen LogP contribution in [0.2, 0.25) is 0 Å². The molecule has 0 radical (unpaired) electrons. The molecule has 0 unspecified atom stereocenters. The molecule has 10 aromatic carbocycles. The Morgan fingerprint density at radius 2 is 0.686 bits per heavy atom. The van der Waals surface area contributed by atoms with Crippen LogP contribution in [0.15, 0.2) is 254 Å². The first-order valence-corrected chi connectivity index (χ1v) is 24.5. The van der Waals surface area contributed by atoms with Gasteiger partial charge in [-0.3, -0.25) is 9.13 Å². The molecule has 0 aliphatic carbocycles. The third kappa shape index (κ3) is 5.95. The Morgan fingerprint density at radius 3 is 1.10 bits per heavy atom. The zero-order valence-corrected chi connectivity index (χ0v) is 37.7. The van der Waals surface area contributed by atoms with Gasteiger partial charge in [-0.15, -0.1) is 0 Å². The predicted molar refractivity (Wildman–Crippen MR) is 292 cm³/mol. The summed E-state index contributed by atoms with van der Waals surface area (Å²) in [5.41, 5.74) is 1.01. The zero-order chi connectivity index (χ0) is 60.1.